The van der Waals surface area contributed by atoms with Gasteiger partial charge in [0, 0.05) is 24.8 Å². The molecule has 7 nitrogen and oxygen atoms in total. The number of nitrogens with zero attached hydrogens (tertiary/aromatic N) is 3. The van der Waals surface area contributed by atoms with Crippen LogP contribution in [-0.2, 0) is 10.3 Å². The number of hydrogen-bond donors (Lipinski definition) is 2. The quantitative estimate of drug-likeness (QED) is 0.850. The van der Waals surface area contributed by atoms with Crippen molar-refractivity contribution < 1.29 is 9.59 Å². The molecule has 0 radical (unpaired) electrons. The Morgan fingerprint density at radius 2 is 1.96 bits per heavy atom. The van der Waals surface area contributed by atoms with Gasteiger partial charge in [-0.05, 0) is 40.5 Å². The number of nitrogens with two attached hydrogens (primary N) is 1. The van der Waals surface area contributed by atoms with Gasteiger partial charge >= 0.3 is 0 Å². The van der Waals surface area contributed by atoms with Crippen LogP contribution in [0.1, 0.15) is 49.7 Å². The molecule has 1 aliphatic heterocycles. The van der Waals surface area contributed by atoms with Crippen molar-refractivity contribution in [3.8, 4) is 0 Å². The van der Waals surface area contributed by atoms with Crippen molar-refractivity contribution in [3.63, 3.8) is 0 Å². The summed E-state index contributed by atoms with van der Waals surface area (Å²) in [5, 5.41) is 7.42. The summed E-state index contributed by atoms with van der Waals surface area (Å²) in [4.78, 5) is 25.4. The topological polar surface area (TPSA) is 93.2 Å². The SMILES string of the molecule is Cc1c(C(=O)NC2CCN(CC(N)=O)CC2)cnn1C(C)(C)C. The number of aromatic nitrogens is 2. The second-order valence-corrected chi connectivity index (χ2v) is 7.22. The molecule has 0 unspecified atom stereocenters. The van der Waals surface area contributed by atoms with Gasteiger partial charge in [0.05, 0.1) is 23.8 Å². The molecule has 0 aliphatic carbocycles. The fourth-order valence-electron chi connectivity index (χ4n) is 3.03. The number of primary amides is 1. The lowest BCUT2D eigenvalue weighted by Crippen LogP contribution is -2.46. The first-order chi connectivity index (χ1) is 10.7. The highest BCUT2D eigenvalue weighted by atomic mass is 16.2. The summed E-state index contributed by atoms with van der Waals surface area (Å²) < 4.78 is 1.87. The fourth-order valence-corrected chi connectivity index (χ4v) is 3.03. The zero-order valence-electron chi connectivity index (χ0n) is 14.4. The molecule has 1 saturated heterocycles. The summed E-state index contributed by atoms with van der Waals surface area (Å²) >= 11 is 0. The van der Waals surface area contributed by atoms with Gasteiger partial charge in [0.2, 0.25) is 5.91 Å². The number of hydrogen-bond acceptors (Lipinski definition) is 4. The van der Waals surface area contributed by atoms with E-state index in [0.29, 0.717) is 5.56 Å². The van der Waals surface area contributed by atoms with Crippen LogP contribution in [-0.4, -0.2) is 52.2 Å². The zero-order chi connectivity index (χ0) is 17.2. The van der Waals surface area contributed by atoms with Gasteiger partial charge in [-0.3, -0.25) is 19.2 Å². The highest BCUT2D eigenvalue weighted by Gasteiger charge is 2.25. The molecule has 7 heteroatoms. The molecular weight excluding hydrogens is 294 g/mol. The normalized spacial score (nSPS) is 17.2. The number of likely N-dealkylation sites (tertiary alicyclic amines) is 1. The molecule has 1 aliphatic rings. The Hall–Kier alpha value is -1.89. The van der Waals surface area contributed by atoms with Gasteiger partial charge in [-0.25, -0.2) is 0 Å². The lowest BCUT2D eigenvalue weighted by molar-refractivity contribution is -0.119. The molecule has 1 fully saturated rings. The lowest BCUT2D eigenvalue weighted by Gasteiger charge is -2.31. The first-order valence-corrected chi connectivity index (χ1v) is 8.05. The number of carbonyl (C=O) groups is 2. The van der Waals surface area contributed by atoms with E-state index < -0.39 is 0 Å². The second kappa shape index (κ2) is 6.70. The molecule has 128 valence electrons. The molecule has 0 spiro atoms. The Morgan fingerprint density at radius 3 is 2.43 bits per heavy atom. The van der Waals surface area contributed by atoms with Crippen LogP contribution < -0.4 is 11.1 Å². The van der Waals surface area contributed by atoms with Crippen molar-refractivity contribution in [1.82, 2.24) is 20.0 Å². The maximum Gasteiger partial charge on any atom is 0.254 e. The van der Waals surface area contributed by atoms with E-state index in [2.05, 4.69) is 31.2 Å². The van der Waals surface area contributed by atoms with E-state index in [4.69, 9.17) is 5.73 Å². The van der Waals surface area contributed by atoms with E-state index in [1.54, 1.807) is 6.20 Å². The average Bonchev–Trinajstić information content (AvgIpc) is 2.82. The molecule has 0 atom stereocenters. The van der Waals surface area contributed by atoms with Gasteiger partial charge < -0.3 is 11.1 Å². The van der Waals surface area contributed by atoms with Crippen molar-refractivity contribution in [1.29, 1.82) is 0 Å². The molecule has 1 aromatic rings. The van der Waals surface area contributed by atoms with E-state index in [9.17, 15) is 9.59 Å². The molecule has 2 amide bonds. The van der Waals surface area contributed by atoms with Crippen LogP contribution in [0.5, 0.6) is 0 Å². The Balaban J connectivity index is 1.94. The van der Waals surface area contributed by atoms with E-state index in [1.165, 1.54) is 0 Å². The molecular formula is C16H27N5O2. The Kier molecular flexibility index (Phi) is 5.09. The average molecular weight is 321 g/mol. The minimum atomic E-state index is -0.308. The summed E-state index contributed by atoms with van der Waals surface area (Å²) in [5.74, 6) is -0.385. The van der Waals surface area contributed by atoms with Crippen molar-refractivity contribution >= 4 is 11.8 Å². The molecule has 2 heterocycles. The summed E-state index contributed by atoms with van der Waals surface area (Å²) in [6.07, 6.45) is 3.29. The zero-order valence-corrected chi connectivity index (χ0v) is 14.4. The smallest absolute Gasteiger partial charge is 0.254 e. The van der Waals surface area contributed by atoms with E-state index in [1.807, 2.05) is 16.5 Å². The van der Waals surface area contributed by atoms with Crippen molar-refractivity contribution in [2.45, 2.75) is 52.1 Å². The Labute approximate surface area is 137 Å². The van der Waals surface area contributed by atoms with Gasteiger partial charge in [0.1, 0.15) is 0 Å². The van der Waals surface area contributed by atoms with Crippen LogP contribution in [0.25, 0.3) is 0 Å². The van der Waals surface area contributed by atoms with Gasteiger partial charge in [0.15, 0.2) is 0 Å². The molecule has 0 aromatic carbocycles. The standard InChI is InChI=1S/C16H27N5O2/c1-11-13(9-18-21(11)16(2,3)4)15(23)19-12-5-7-20(8-6-12)10-14(17)22/h9,12H,5-8,10H2,1-4H3,(H2,17,22)(H,19,23). The molecule has 0 bridgehead atoms. The maximum atomic E-state index is 12.5. The Bertz CT molecular complexity index is 580. The predicted molar refractivity (Wildman–Crippen MR) is 88.1 cm³/mol. The summed E-state index contributed by atoms with van der Waals surface area (Å²) in [7, 11) is 0. The summed E-state index contributed by atoms with van der Waals surface area (Å²) in [5.41, 5.74) is 6.56. The number of nitrogens with one attached hydrogen (secondary N) is 1. The van der Waals surface area contributed by atoms with Crippen molar-refractivity contribution in [2.75, 3.05) is 19.6 Å². The molecule has 1 aromatic heterocycles. The minimum absolute atomic E-state index is 0.0775. The third kappa shape index (κ3) is 4.31. The van der Waals surface area contributed by atoms with E-state index >= 15 is 0 Å². The summed E-state index contributed by atoms with van der Waals surface area (Å²) in [6.45, 7) is 9.93. The minimum Gasteiger partial charge on any atom is -0.369 e. The van der Waals surface area contributed by atoms with E-state index in [-0.39, 0.29) is 29.9 Å². The highest BCUT2D eigenvalue weighted by Crippen LogP contribution is 2.19. The van der Waals surface area contributed by atoms with Crippen LogP contribution >= 0.6 is 0 Å². The van der Waals surface area contributed by atoms with Gasteiger partial charge in [-0.1, -0.05) is 0 Å². The highest BCUT2D eigenvalue weighted by molar-refractivity contribution is 5.95. The van der Waals surface area contributed by atoms with Gasteiger partial charge in [0.25, 0.3) is 5.91 Å². The molecule has 3 N–H and O–H groups in total. The van der Waals surface area contributed by atoms with Crippen LogP contribution in [0.15, 0.2) is 6.20 Å². The third-order valence-corrected chi connectivity index (χ3v) is 4.19. The van der Waals surface area contributed by atoms with Crippen molar-refractivity contribution in [2.24, 2.45) is 5.73 Å². The first-order valence-electron chi connectivity index (χ1n) is 8.05. The van der Waals surface area contributed by atoms with E-state index in [0.717, 1.165) is 31.6 Å². The molecule has 2 rings (SSSR count). The van der Waals surface area contributed by atoms with Crippen LogP contribution in [0, 0.1) is 6.92 Å². The maximum absolute atomic E-state index is 12.5. The van der Waals surface area contributed by atoms with Crippen LogP contribution in [0.3, 0.4) is 0 Å². The first kappa shape index (κ1) is 17.5. The number of rotatable bonds is 4. The largest absolute Gasteiger partial charge is 0.369 e. The van der Waals surface area contributed by atoms with Gasteiger partial charge in [-0.2, -0.15) is 5.10 Å². The lowest BCUT2D eigenvalue weighted by atomic mass is 10.0. The predicted octanol–water partition coefficient (Wildman–Crippen LogP) is 0.626. The number of piperidine rings is 1. The van der Waals surface area contributed by atoms with Crippen molar-refractivity contribution in [3.05, 3.63) is 17.5 Å². The van der Waals surface area contributed by atoms with Crippen LogP contribution in [0.4, 0.5) is 0 Å². The molecule has 23 heavy (non-hydrogen) atoms. The Morgan fingerprint density at radius 1 is 1.35 bits per heavy atom. The number of amides is 2. The van der Waals surface area contributed by atoms with Gasteiger partial charge in [-0.15, -0.1) is 0 Å². The second-order valence-electron chi connectivity index (χ2n) is 7.22. The molecule has 0 saturated carbocycles. The number of carbonyl (C=O) groups excluding carboxylic acids is 2. The fraction of sp³-hybridized carbons (Fsp3) is 0.688. The third-order valence-electron chi connectivity index (χ3n) is 4.19. The monoisotopic (exact) mass is 321 g/mol. The summed E-state index contributed by atoms with van der Waals surface area (Å²) in [6, 6.07) is 0.129. The van der Waals surface area contributed by atoms with Crippen LogP contribution in [0.2, 0.25) is 0 Å².